The van der Waals surface area contributed by atoms with Crippen LogP contribution in [0.15, 0.2) is 24.3 Å². The molecule has 0 fully saturated rings. The van der Waals surface area contributed by atoms with Gasteiger partial charge in [0.15, 0.2) is 0 Å². The molecule has 1 aromatic rings. The van der Waals surface area contributed by atoms with Crippen molar-refractivity contribution in [3.8, 4) is 0 Å². The summed E-state index contributed by atoms with van der Waals surface area (Å²) in [6, 6.07) is 4.40. The van der Waals surface area contributed by atoms with Crippen LogP contribution in [0.1, 0.15) is 22.3 Å². The average Bonchev–Trinajstić information content (AvgIpc) is 2.13. The third kappa shape index (κ3) is 2.21. The van der Waals surface area contributed by atoms with E-state index in [1.165, 1.54) is 22.3 Å². The zero-order valence-electron chi connectivity index (χ0n) is 8.72. The highest BCUT2D eigenvalue weighted by Gasteiger charge is 2.01. The topological polar surface area (TPSA) is 0 Å². The van der Waals surface area contributed by atoms with Gasteiger partial charge in [-0.3, -0.25) is 0 Å². The summed E-state index contributed by atoms with van der Waals surface area (Å²) >= 11 is 0. The fourth-order valence-corrected chi connectivity index (χ4v) is 1.44. The molecule has 0 heterocycles. The molecule has 0 unspecified atom stereocenters. The Kier molecular flexibility index (Phi) is 3.30. The summed E-state index contributed by atoms with van der Waals surface area (Å²) in [5.74, 6) is 0. The van der Waals surface area contributed by atoms with E-state index in [1.54, 1.807) is 0 Å². The van der Waals surface area contributed by atoms with Crippen LogP contribution in [0.25, 0.3) is 0 Å². The Labute approximate surface area is 81.3 Å². The molecule has 0 aromatic heterocycles. The van der Waals surface area contributed by atoms with Gasteiger partial charge in [-0.25, -0.2) is 0 Å². The number of benzene rings is 1. The van der Waals surface area contributed by atoms with Crippen LogP contribution in [0.3, 0.4) is 0 Å². The maximum atomic E-state index is 3.69. The lowest BCUT2D eigenvalue weighted by Crippen LogP contribution is -1.93. The van der Waals surface area contributed by atoms with Crippen molar-refractivity contribution in [3.63, 3.8) is 0 Å². The molecule has 0 atom stereocenters. The van der Waals surface area contributed by atoms with Crippen molar-refractivity contribution in [3.05, 3.63) is 53.5 Å². The van der Waals surface area contributed by atoms with Gasteiger partial charge in [-0.05, 0) is 56.4 Å². The predicted octanol–water partition coefficient (Wildman–Crippen LogP) is 3.54. The Hall–Kier alpha value is -1.04. The average molecular weight is 173 g/mol. The van der Waals surface area contributed by atoms with Crippen LogP contribution in [0.4, 0.5) is 0 Å². The lowest BCUT2D eigenvalue weighted by atomic mass is 9.97. The van der Waals surface area contributed by atoms with Crippen LogP contribution in [-0.2, 0) is 6.42 Å². The van der Waals surface area contributed by atoms with Crippen LogP contribution < -0.4 is 0 Å². The van der Waals surface area contributed by atoms with Crippen molar-refractivity contribution in [1.29, 1.82) is 0 Å². The number of allylic oxidation sites excluding steroid dienone is 2. The number of aryl methyl sites for hydroxylation is 1. The smallest absolute Gasteiger partial charge is 0.00947 e. The summed E-state index contributed by atoms with van der Waals surface area (Å²) in [6.45, 7) is 10.2. The van der Waals surface area contributed by atoms with E-state index >= 15 is 0 Å². The highest BCUT2D eigenvalue weighted by atomic mass is 14.1. The van der Waals surface area contributed by atoms with Crippen LogP contribution >= 0.6 is 0 Å². The van der Waals surface area contributed by atoms with E-state index in [9.17, 15) is 0 Å². The molecular formula is C13H17. The Morgan fingerprint density at radius 1 is 1.15 bits per heavy atom. The minimum absolute atomic E-state index is 0.996. The van der Waals surface area contributed by atoms with Gasteiger partial charge in [-0.15, -0.1) is 0 Å². The van der Waals surface area contributed by atoms with Crippen molar-refractivity contribution in [2.24, 2.45) is 0 Å². The molecule has 0 aliphatic rings. The molecule has 13 heavy (non-hydrogen) atoms. The molecule has 0 heteroatoms. The summed E-state index contributed by atoms with van der Waals surface area (Å²) in [7, 11) is 0. The second kappa shape index (κ2) is 4.27. The standard InChI is InChI=1S/C13H17/c1-5-6-7-13-9-8-10(2)11(3)12(13)4/h5-6,8-9H,1,7H2,2-4H3. The molecule has 0 amide bonds. The fraction of sp³-hybridized carbons (Fsp3) is 0.308. The van der Waals surface area contributed by atoms with Gasteiger partial charge in [0.2, 0.25) is 0 Å². The molecule has 69 valence electrons. The SMILES string of the molecule is [CH2]C=CCc1ccc(C)c(C)c1C. The van der Waals surface area contributed by atoms with Crippen LogP contribution in [0, 0.1) is 27.7 Å². The number of hydrogen-bond acceptors (Lipinski definition) is 0. The third-order valence-electron chi connectivity index (χ3n) is 2.67. The summed E-state index contributed by atoms with van der Waals surface area (Å²) < 4.78 is 0. The second-order valence-electron chi connectivity index (χ2n) is 3.47. The quantitative estimate of drug-likeness (QED) is 0.641. The monoisotopic (exact) mass is 173 g/mol. The summed E-state index contributed by atoms with van der Waals surface area (Å²) in [6.07, 6.45) is 4.95. The molecule has 1 aromatic carbocycles. The van der Waals surface area contributed by atoms with Crippen LogP contribution in [-0.4, -0.2) is 0 Å². The van der Waals surface area contributed by atoms with E-state index in [2.05, 4.69) is 45.9 Å². The minimum Gasteiger partial charge on any atom is -0.0879 e. The van der Waals surface area contributed by atoms with Crippen molar-refractivity contribution < 1.29 is 0 Å². The number of hydrogen-bond donors (Lipinski definition) is 0. The van der Waals surface area contributed by atoms with Crippen molar-refractivity contribution in [2.75, 3.05) is 0 Å². The fourth-order valence-electron chi connectivity index (χ4n) is 1.44. The zero-order chi connectivity index (χ0) is 9.84. The van der Waals surface area contributed by atoms with E-state index in [-0.39, 0.29) is 0 Å². The van der Waals surface area contributed by atoms with Gasteiger partial charge in [0.25, 0.3) is 0 Å². The Morgan fingerprint density at radius 2 is 1.85 bits per heavy atom. The van der Waals surface area contributed by atoms with Gasteiger partial charge in [-0.2, -0.15) is 0 Å². The maximum Gasteiger partial charge on any atom is -0.00947 e. The van der Waals surface area contributed by atoms with Gasteiger partial charge in [0, 0.05) is 0 Å². The van der Waals surface area contributed by atoms with E-state index in [1.807, 2.05) is 6.08 Å². The van der Waals surface area contributed by atoms with E-state index in [4.69, 9.17) is 0 Å². The Morgan fingerprint density at radius 3 is 2.46 bits per heavy atom. The molecule has 0 saturated heterocycles. The zero-order valence-corrected chi connectivity index (χ0v) is 8.72. The van der Waals surface area contributed by atoms with Gasteiger partial charge in [0.1, 0.15) is 0 Å². The Bertz CT molecular complexity index is 319. The summed E-state index contributed by atoms with van der Waals surface area (Å²) in [5, 5.41) is 0. The maximum absolute atomic E-state index is 3.69. The third-order valence-corrected chi connectivity index (χ3v) is 2.67. The first-order chi connectivity index (χ1) is 6.16. The summed E-state index contributed by atoms with van der Waals surface area (Å²) in [4.78, 5) is 0. The Balaban J connectivity index is 3.03. The van der Waals surface area contributed by atoms with Crippen LogP contribution in [0.5, 0.6) is 0 Å². The minimum atomic E-state index is 0.996. The normalized spacial score (nSPS) is 11.1. The molecule has 0 aliphatic heterocycles. The lowest BCUT2D eigenvalue weighted by Gasteiger charge is -2.09. The molecule has 1 rings (SSSR count). The number of rotatable bonds is 2. The molecule has 0 aliphatic carbocycles. The highest BCUT2D eigenvalue weighted by molar-refractivity contribution is 5.39. The van der Waals surface area contributed by atoms with Crippen molar-refractivity contribution >= 4 is 0 Å². The highest BCUT2D eigenvalue weighted by Crippen LogP contribution is 2.17. The summed E-state index contributed by atoms with van der Waals surface area (Å²) in [5.41, 5.74) is 5.61. The predicted molar refractivity (Wildman–Crippen MR) is 58.9 cm³/mol. The largest absolute Gasteiger partial charge is 0.0879 e. The van der Waals surface area contributed by atoms with E-state index in [0.717, 1.165) is 6.42 Å². The molecule has 0 nitrogen and oxygen atoms in total. The molecular weight excluding hydrogens is 156 g/mol. The van der Waals surface area contributed by atoms with E-state index in [0.29, 0.717) is 0 Å². The van der Waals surface area contributed by atoms with Crippen molar-refractivity contribution in [1.82, 2.24) is 0 Å². The first kappa shape index (κ1) is 10.0. The van der Waals surface area contributed by atoms with Crippen molar-refractivity contribution in [2.45, 2.75) is 27.2 Å². The van der Waals surface area contributed by atoms with Crippen LogP contribution in [0.2, 0.25) is 0 Å². The molecule has 0 saturated carbocycles. The van der Waals surface area contributed by atoms with E-state index < -0.39 is 0 Å². The second-order valence-corrected chi connectivity index (χ2v) is 3.47. The van der Waals surface area contributed by atoms with Gasteiger partial charge >= 0.3 is 0 Å². The first-order valence-corrected chi connectivity index (χ1v) is 4.66. The first-order valence-electron chi connectivity index (χ1n) is 4.66. The molecule has 0 N–H and O–H groups in total. The van der Waals surface area contributed by atoms with Gasteiger partial charge < -0.3 is 0 Å². The molecule has 0 bridgehead atoms. The lowest BCUT2D eigenvalue weighted by molar-refractivity contribution is 1.16. The molecule has 1 radical (unpaired) electrons. The van der Waals surface area contributed by atoms with Gasteiger partial charge in [0.05, 0.1) is 0 Å². The molecule has 0 spiro atoms. The van der Waals surface area contributed by atoms with Gasteiger partial charge in [-0.1, -0.05) is 24.3 Å².